The molecule has 1 N–H and O–H groups in total. The van der Waals surface area contributed by atoms with Crippen LogP contribution < -0.4 is 4.72 Å². The second-order valence-corrected chi connectivity index (χ2v) is 7.56. The lowest BCUT2D eigenvalue weighted by molar-refractivity contribution is 0.606. The molecule has 0 unspecified atom stereocenters. The molecule has 0 aliphatic heterocycles. The van der Waals surface area contributed by atoms with Crippen molar-refractivity contribution in [1.82, 2.24) is 4.98 Å². The fourth-order valence-corrected chi connectivity index (χ4v) is 3.53. The van der Waals surface area contributed by atoms with Crippen LogP contribution in [0.4, 0.5) is 5.69 Å². The maximum Gasteiger partial charge on any atom is 0.258 e. The molecule has 120 valence electrons. The van der Waals surface area contributed by atoms with Crippen molar-refractivity contribution in [2.75, 3.05) is 4.72 Å². The van der Waals surface area contributed by atoms with Gasteiger partial charge >= 0.3 is 0 Å². The van der Waals surface area contributed by atoms with Crippen molar-refractivity contribution in [2.45, 2.75) is 13.3 Å². The second kappa shape index (κ2) is 7.57. The minimum Gasteiger partial charge on any atom is -0.278 e. The standard InChI is InChI=1S/C17H17BrN2O2S/c1-3-7-16(10-14-8-5-4-6-9-14)23(21,22)20-17-11-15(18)12-19-13(17)2/h3-6,8-12,20H,1,7H2,2H3/b16-10+. The number of benzene rings is 1. The summed E-state index contributed by atoms with van der Waals surface area (Å²) in [5, 5.41) is 0. The summed E-state index contributed by atoms with van der Waals surface area (Å²) < 4.78 is 28.7. The zero-order chi connectivity index (χ0) is 16.9. The molecule has 0 amide bonds. The van der Waals surface area contributed by atoms with E-state index >= 15 is 0 Å². The number of pyridine rings is 1. The van der Waals surface area contributed by atoms with Gasteiger partial charge in [0.2, 0.25) is 0 Å². The molecule has 0 radical (unpaired) electrons. The maximum absolute atomic E-state index is 12.7. The van der Waals surface area contributed by atoms with E-state index in [1.54, 1.807) is 31.3 Å². The highest BCUT2D eigenvalue weighted by Crippen LogP contribution is 2.23. The second-order valence-electron chi connectivity index (χ2n) is 4.91. The first-order chi connectivity index (χ1) is 10.9. The van der Waals surface area contributed by atoms with Gasteiger partial charge in [0.25, 0.3) is 10.0 Å². The molecule has 2 rings (SSSR count). The highest BCUT2D eigenvalue weighted by atomic mass is 79.9. The Hall–Kier alpha value is -1.92. The third-order valence-corrected chi connectivity index (χ3v) is 5.01. The predicted molar refractivity (Wildman–Crippen MR) is 98.4 cm³/mol. The van der Waals surface area contributed by atoms with Gasteiger partial charge in [0.05, 0.1) is 16.3 Å². The third kappa shape index (κ3) is 4.77. The van der Waals surface area contributed by atoms with E-state index in [2.05, 4.69) is 32.2 Å². The van der Waals surface area contributed by atoms with Gasteiger partial charge < -0.3 is 0 Å². The number of nitrogens with zero attached hydrogens (tertiary/aromatic N) is 1. The molecule has 0 saturated heterocycles. The average molecular weight is 393 g/mol. The number of rotatable bonds is 6. The summed E-state index contributed by atoms with van der Waals surface area (Å²) in [7, 11) is -3.70. The molecule has 0 aliphatic rings. The molecule has 23 heavy (non-hydrogen) atoms. The lowest BCUT2D eigenvalue weighted by atomic mass is 10.2. The zero-order valence-electron chi connectivity index (χ0n) is 12.7. The van der Waals surface area contributed by atoms with E-state index in [1.165, 1.54) is 0 Å². The number of hydrogen-bond acceptors (Lipinski definition) is 3. The van der Waals surface area contributed by atoms with Crippen molar-refractivity contribution >= 4 is 37.7 Å². The Morgan fingerprint density at radius 2 is 2.04 bits per heavy atom. The van der Waals surface area contributed by atoms with Gasteiger partial charge in [0.15, 0.2) is 0 Å². The molecule has 0 fully saturated rings. The SMILES string of the molecule is C=CC/C(=C\c1ccccc1)S(=O)(=O)Nc1cc(Br)cnc1C. The van der Waals surface area contributed by atoms with Crippen LogP contribution in [0, 0.1) is 6.92 Å². The van der Waals surface area contributed by atoms with E-state index in [0.29, 0.717) is 15.9 Å². The van der Waals surface area contributed by atoms with Gasteiger partial charge in [-0.1, -0.05) is 36.4 Å². The fourth-order valence-electron chi connectivity index (χ4n) is 1.94. The summed E-state index contributed by atoms with van der Waals surface area (Å²) >= 11 is 3.30. The number of aryl methyl sites for hydroxylation is 1. The Balaban J connectivity index is 2.39. The van der Waals surface area contributed by atoms with E-state index < -0.39 is 10.0 Å². The van der Waals surface area contributed by atoms with Crippen LogP contribution in [0.25, 0.3) is 6.08 Å². The van der Waals surface area contributed by atoms with Crippen molar-refractivity contribution in [1.29, 1.82) is 0 Å². The summed E-state index contributed by atoms with van der Waals surface area (Å²) in [6.07, 6.45) is 5.08. The van der Waals surface area contributed by atoms with Crippen LogP contribution in [-0.2, 0) is 10.0 Å². The molecular weight excluding hydrogens is 376 g/mol. The van der Waals surface area contributed by atoms with Gasteiger partial charge in [0.1, 0.15) is 0 Å². The van der Waals surface area contributed by atoms with Crippen molar-refractivity contribution < 1.29 is 8.42 Å². The molecular formula is C17H17BrN2O2S. The predicted octanol–water partition coefficient (Wildman–Crippen LogP) is 4.51. The van der Waals surface area contributed by atoms with E-state index in [9.17, 15) is 8.42 Å². The first-order valence-corrected chi connectivity index (χ1v) is 9.21. The lowest BCUT2D eigenvalue weighted by Gasteiger charge is -2.12. The summed E-state index contributed by atoms with van der Waals surface area (Å²) in [6, 6.07) is 11.0. The molecule has 1 heterocycles. The van der Waals surface area contributed by atoms with E-state index in [4.69, 9.17) is 0 Å². The first kappa shape index (κ1) is 17.4. The molecule has 0 spiro atoms. The lowest BCUT2D eigenvalue weighted by Crippen LogP contribution is -2.16. The number of allylic oxidation sites excluding steroid dienone is 2. The molecule has 1 aromatic carbocycles. The van der Waals surface area contributed by atoms with Crippen LogP contribution in [0.2, 0.25) is 0 Å². The van der Waals surface area contributed by atoms with E-state index in [1.807, 2.05) is 30.3 Å². The van der Waals surface area contributed by atoms with Crippen LogP contribution in [0.5, 0.6) is 0 Å². The Labute approximate surface area is 145 Å². The molecule has 0 atom stereocenters. The summed E-state index contributed by atoms with van der Waals surface area (Å²) in [4.78, 5) is 4.39. The first-order valence-electron chi connectivity index (χ1n) is 6.94. The normalized spacial score (nSPS) is 12.0. The van der Waals surface area contributed by atoms with Crippen molar-refractivity contribution in [3.63, 3.8) is 0 Å². The molecule has 1 aromatic heterocycles. The number of anilines is 1. The van der Waals surface area contributed by atoms with Crippen LogP contribution in [0.15, 0.2) is 64.6 Å². The van der Waals surface area contributed by atoms with Crippen molar-refractivity contribution in [3.8, 4) is 0 Å². The number of sulfonamides is 1. The van der Waals surface area contributed by atoms with Gasteiger partial charge in [0, 0.05) is 17.1 Å². The highest BCUT2D eigenvalue weighted by molar-refractivity contribution is 9.10. The molecule has 0 saturated carbocycles. The maximum atomic E-state index is 12.7. The Kier molecular flexibility index (Phi) is 5.74. The minimum absolute atomic E-state index is 0.241. The van der Waals surface area contributed by atoms with Gasteiger partial charge in [-0.15, -0.1) is 6.58 Å². The minimum atomic E-state index is -3.70. The average Bonchev–Trinajstić information content (AvgIpc) is 2.51. The molecule has 0 aliphatic carbocycles. The van der Waals surface area contributed by atoms with Crippen LogP contribution in [0.3, 0.4) is 0 Å². The van der Waals surface area contributed by atoms with Gasteiger partial charge in [-0.3, -0.25) is 9.71 Å². The number of halogens is 1. The van der Waals surface area contributed by atoms with Gasteiger partial charge in [-0.05, 0) is 40.6 Å². The fraction of sp³-hybridized carbons (Fsp3) is 0.118. The van der Waals surface area contributed by atoms with E-state index in [0.717, 1.165) is 5.56 Å². The van der Waals surface area contributed by atoms with E-state index in [-0.39, 0.29) is 11.3 Å². The topological polar surface area (TPSA) is 59.1 Å². The smallest absolute Gasteiger partial charge is 0.258 e. The Morgan fingerprint density at radius 3 is 2.70 bits per heavy atom. The summed E-state index contributed by atoms with van der Waals surface area (Å²) in [6.45, 7) is 5.39. The van der Waals surface area contributed by atoms with Crippen LogP contribution in [0.1, 0.15) is 17.7 Å². The number of hydrogen-bond donors (Lipinski definition) is 1. The summed E-state index contributed by atoms with van der Waals surface area (Å²) in [5.74, 6) is 0. The van der Waals surface area contributed by atoms with Gasteiger partial charge in [-0.2, -0.15) is 0 Å². The van der Waals surface area contributed by atoms with Crippen LogP contribution >= 0.6 is 15.9 Å². The van der Waals surface area contributed by atoms with Crippen molar-refractivity contribution in [3.05, 3.63) is 75.9 Å². The summed E-state index contributed by atoms with van der Waals surface area (Å²) in [5.41, 5.74) is 1.87. The quantitative estimate of drug-likeness (QED) is 0.735. The number of aromatic nitrogens is 1. The molecule has 6 heteroatoms. The van der Waals surface area contributed by atoms with Crippen LogP contribution in [-0.4, -0.2) is 13.4 Å². The number of nitrogens with one attached hydrogen (secondary N) is 1. The Bertz CT molecular complexity index is 831. The monoisotopic (exact) mass is 392 g/mol. The third-order valence-electron chi connectivity index (χ3n) is 3.12. The zero-order valence-corrected chi connectivity index (χ0v) is 15.1. The van der Waals surface area contributed by atoms with Crippen molar-refractivity contribution in [2.24, 2.45) is 0 Å². The van der Waals surface area contributed by atoms with Gasteiger partial charge in [-0.25, -0.2) is 8.42 Å². The molecule has 0 bridgehead atoms. The Morgan fingerprint density at radius 1 is 1.35 bits per heavy atom. The largest absolute Gasteiger partial charge is 0.278 e. The highest BCUT2D eigenvalue weighted by Gasteiger charge is 2.18. The molecule has 2 aromatic rings. The molecule has 4 nitrogen and oxygen atoms in total.